The lowest BCUT2D eigenvalue weighted by atomic mass is 11.1. The smallest absolute Gasteiger partial charge is 0.179 e. The van der Waals surface area contributed by atoms with Crippen LogP contribution in [0.5, 0.6) is 0 Å². The van der Waals surface area contributed by atoms with Crippen LogP contribution in [0.1, 0.15) is 0 Å². The van der Waals surface area contributed by atoms with Crippen molar-refractivity contribution in [3.8, 4) is 0 Å². The SMILES string of the molecule is CN(N)[C]=N. The van der Waals surface area contributed by atoms with Gasteiger partial charge in [-0.1, -0.05) is 0 Å². The zero-order chi connectivity index (χ0) is 4.28. The highest BCUT2D eigenvalue weighted by molar-refractivity contribution is 5.48. The maximum atomic E-state index is 6.21. The molecule has 0 atom stereocenters. The first kappa shape index (κ1) is 4.43. The van der Waals surface area contributed by atoms with Crippen LogP contribution in [0.15, 0.2) is 0 Å². The Morgan fingerprint density at radius 3 is 2.20 bits per heavy atom. The number of hydrogen-bond donors (Lipinski definition) is 2. The Kier molecular flexibility index (Phi) is 1.53. The fraction of sp³-hybridized carbons (Fsp3) is 0.500. The quantitative estimate of drug-likeness (QED) is 0.141. The molecule has 0 aliphatic carbocycles. The molecule has 0 spiro atoms. The topological polar surface area (TPSA) is 53.1 Å². The molecule has 0 aromatic rings. The molecular formula is C2H6N3. The molecule has 3 nitrogen and oxygen atoms in total. The Bertz CT molecular complexity index is 31.9. The summed E-state index contributed by atoms with van der Waals surface area (Å²) < 4.78 is 0. The monoisotopic (exact) mass is 72.1 g/mol. The maximum absolute atomic E-state index is 6.21. The summed E-state index contributed by atoms with van der Waals surface area (Å²) in [5, 5.41) is 7.25. The van der Waals surface area contributed by atoms with Crippen LogP contribution < -0.4 is 5.84 Å². The predicted molar refractivity (Wildman–Crippen MR) is 19.7 cm³/mol. The van der Waals surface area contributed by atoms with Gasteiger partial charge in [-0.3, -0.25) is 10.4 Å². The number of hydrogen-bond acceptors (Lipinski definition) is 2. The highest BCUT2D eigenvalue weighted by Crippen LogP contribution is 1.44. The molecule has 0 aliphatic heterocycles. The van der Waals surface area contributed by atoms with E-state index in [2.05, 4.69) is 0 Å². The van der Waals surface area contributed by atoms with Crippen LogP contribution >= 0.6 is 0 Å². The fourth-order valence-electron chi connectivity index (χ4n) is 0. The normalized spacial score (nSPS) is 6.80. The Hall–Kier alpha value is -0.570. The molecule has 5 heavy (non-hydrogen) atoms. The lowest BCUT2D eigenvalue weighted by molar-refractivity contribution is 0.553. The Morgan fingerprint density at radius 1 is 2.00 bits per heavy atom. The summed E-state index contributed by atoms with van der Waals surface area (Å²) in [7, 11) is 1.53. The lowest BCUT2D eigenvalue weighted by Gasteiger charge is -1.94. The van der Waals surface area contributed by atoms with E-state index in [1.807, 2.05) is 6.34 Å². The molecule has 0 heterocycles. The van der Waals surface area contributed by atoms with Crippen molar-refractivity contribution >= 4 is 6.34 Å². The standard InChI is InChI=1S/C2H6N3/c1-5(4)2-3/h3H,4H2,1H3. The minimum absolute atomic E-state index is 1.04. The first-order valence-electron chi connectivity index (χ1n) is 1.18. The van der Waals surface area contributed by atoms with E-state index in [9.17, 15) is 0 Å². The van der Waals surface area contributed by atoms with E-state index in [0.717, 1.165) is 5.01 Å². The van der Waals surface area contributed by atoms with Gasteiger partial charge in [0.2, 0.25) is 0 Å². The van der Waals surface area contributed by atoms with Gasteiger partial charge >= 0.3 is 0 Å². The summed E-state index contributed by atoms with van der Waals surface area (Å²) in [6.07, 6.45) is 1.89. The van der Waals surface area contributed by atoms with Crippen molar-refractivity contribution in [1.29, 1.82) is 5.41 Å². The molecule has 0 saturated heterocycles. The predicted octanol–water partition coefficient (Wildman–Crippen LogP) is -0.724. The van der Waals surface area contributed by atoms with Gasteiger partial charge in [0.25, 0.3) is 0 Å². The van der Waals surface area contributed by atoms with Gasteiger partial charge in [0.05, 0.1) is 0 Å². The highest BCUT2D eigenvalue weighted by atomic mass is 15.4. The molecule has 0 bridgehead atoms. The van der Waals surface area contributed by atoms with Crippen LogP contribution in [0, 0.1) is 5.41 Å². The van der Waals surface area contributed by atoms with Gasteiger partial charge < -0.3 is 0 Å². The Morgan fingerprint density at radius 2 is 2.20 bits per heavy atom. The van der Waals surface area contributed by atoms with Crippen LogP contribution in [-0.2, 0) is 0 Å². The molecular weight excluding hydrogens is 66.0 g/mol. The molecule has 3 heteroatoms. The number of nitrogens with one attached hydrogen (secondary N) is 1. The van der Waals surface area contributed by atoms with E-state index in [4.69, 9.17) is 11.3 Å². The zero-order valence-electron chi connectivity index (χ0n) is 3.02. The highest BCUT2D eigenvalue weighted by Gasteiger charge is 1.66. The lowest BCUT2D eigenvalue weighted by Crippen LogP contribution is -2.22. The van der Waals surface area contributed by atoms with Gasteiger partial charge in [-0.15, -0.1) is 0 Å². The molecule has 0 unspecified atom stereocenters. The van der Waals surface area contributed by atoms with Crippen LogP contribution in [0.4, 0.5) is 0 Å². The molecule has 1 radical (unpaired) electrons. The summed E-state index contributed by atoms with van der Waals surface area (Å²) in [4.78, 5) is 0. The van der Waals surface area contributed by atoms with Gasteiger partial charge in [-0.2, -0.15) is 0 Å². The average molecular weight is 72.1 g/mol. The molecule has 0 amide bonds. The third-order valence-corrected chi connectivity index (χ3v) is 0.176. The van der Waals surface area contributed by atoms with E-state index in [-0.39, 0.29) is 0 Å². The van der Waals surface area contributed by atoms with Crippen molar-refractivity contribution in [2.45, 2.75) is 0 Å². The van der Waals surface area contributed by atoms with E-state index in [1.54, 1.807) is 0 Å². The van der Waals surface area contributed by atoms with Gasteiger partial charge in [-0.25, -0.2) is 5.84 Å². The second-order valence-electron chi connectivity index (χ2n) is 0.723. The summed E-state index contributed by atoms with van der Waals surface area (Å²) >= 11 is 0. The van der Waals surface area contributed by atoms with Crippen molar-refractivity contribution in [1.82, 2.24) is 5.01 Å². The number of hydrazine groups is 1. The second kappa shape index (κ2) is 1.72. The van der Waals surface area contributed by atoms with E-state index in [1.165, 1.54) is 7.05 Å². The first-order valence-corrected chi connectivity index (χ1v) is 1.18. The minimum atomic E-state index is 1.04. The van der Waals surface area contributed by atoms with Crippen molar-refractivity contribution in [3.63, 3.8) is 0 Å². The second-order valence-corrected chi connectivity index (χ2v) is 0.723. The van der Waals surface area contributed by atoms with E-state index < -0.39 is 0 Å². The molecule has 0 saturated carbocycles. The van der Waals surface area contributed by atoms with Gasteiger partial charge in [0, 0.05) is 7.05 Å². The van der Waals surface area contributed by atoms with Crippen LogP contribution in [-0.4, -0.2) is 18.4 Å². The summed E-state index contributed by atoms with van der Waals surface area (Å²) in [5.74, 6) is 4.83. The third-order valence-electron chi connectivity index (χ3n) is 0.176. The number of rotatable bonds is 1. The van der Waals surface area contributed by atoms with Crippen LogP contribution in [0.2, 0.25) is 0 Å². The van der Waals surface area contributed by atoms with Crippen LogP contribution in [0.25, 0.3) is 0 Å². The Labute approximate surface area is 30.9 Å². The molecule has 3 N–H and O–H groups in total. The molecule has 0 aromatic carbocycles. The van der Waals surface area contributed by atoms with E-state index in [0.29, 0.717) is 0 Å². The summed E-state index contributed by atoms with van der Waals surface area (Å²) in [6.45, 7) is 0. The van der Waals surface area contributed by atoms with Crippen molar-refractivity contribution in [2.24, 2.45) is 5.84 Å². The Balaban J connectivity index is 2.83. The fourth-order valence-corrected chi connectivity index (χ4v) is 0. The third kappa shape index (κ3) is 3.43. The zero-order valence-corrected chi connectivity index (χ0v) is 3.02. The molecule has 0 fully saturated rings. The summed E-state index contributed by atoms with van der Waals surface area (Å²) in [5.41, 5.74) is 0. The molecule has 0 aliphatic rings. The van der Waals surface area contributed by atoms with Gasteiger partial charge in [0.1, 0.15) is 0 Å². The van der Waals surface area contributed by atoms with Crippen molar-refractivity contribution < 1.29 is 0 Å². The molecule has 0 rings (SSSR count). The average Bonchev–Trinajstić information content (AvgIpc) is 1.38. The maximum Gasteiger partial charge on any atom is 0.179 e. The molecule has 0 aromatic heterocycles. The van der Waals surface area contributed by atoms with Crippen molar-refractivity contribution in [3.05, 3.63) is 0 Å². The van der Waals surface area contributed by atoms with Crippen molar-refractivity contribution in [2.75, 3.05) is 7.05 Å². The first-order chi connectivity index (χ1) is 2.27. The number of nitrogens with two attached hydrogens (primary N) is 1. The minimum Gasteiger partial charge on any atom is -0.295 e. The van der Waals surface area contributed by atoms with E-state index >= 15 is 0 Å². The summed E-state index contributed by atoms with van der Waals surface area (Å²) in [6, 6.07) is 0. The van der Waals surface area contributed by atoms with Crippen LogP contribution in [0.3, 0.4) is 0 Å². The van der Waals surface area contributed by atoms with Gasteiger partial charge in [-0.05, 0) is 0 Å². The number of nitrogens with zero attached hydrogens (tertiary/aromatic N) is 1. The van der Waals surface area contributed by atoms with Gasteiger partial charge in [0.15, 0.2) is 6.34 Å². The molecule has 29 valence electrons. The largest absolute Gasteiger partial charge is 0.295 e.